The Morgan fingerprint density at radius 2 is 1.65 bits per heavy atom. The van der Waals surface area contributed by atoms with Crippen molar-refractivity contribution >= 4 is 21.6 Å². The van der Waals surface area contributed by atoms with Gasteiger partial charge in [0.1, 0.15) is 5.75 Å². The summed E-state index contributed by atoms with van der Waals surface area (Å²) in [5.74, 6) is 0.0386. The molecule has 3 aromatic carbocycles. The number of sulfonamides is 1. The van der Waals surface area contributed by atoms with Crippen LogP contribution in [0.15, 0.2) is 83.8 Å². The minimum absolute atomic E-state index is 0.102. The van der Waals surface area contributed by atoms with Crippen LogP contribution in [0.5, 0.6) is 5.75 Å². The van der Waals surface area contributed by atoms with E-state index in [1.54, 1.807) is 36.4 Å². The Kier molecular flexibility index (Phi) is 6.66. The van der Waals surface area contributed by atoms with E-state index in [2.05, 4.69) is 26.1 Å². The molecule has 4 rings (SSSR count). The van der Waals surface area contributed by atoms with E-state index in [1.807, 2.05) is 42.5 Å². The van der Waals surface area contributed by atoms with Crippen LogP contribution in [0.2, 0.25) is 0 Å². The molecule has 0 unspecified atom stereocenters. The van der Waals surface area contributed by atoms with E-state index in [0.29, 0.717) is 24.4 Å². The lowest BCUT2D eigenvalue weighted by molar-refractivity contribution is -0.127. The number of nitrogens with zero attached hydrogens (tertiary/aromatic N) is 1. The SMILES string of the molecule is CC(C)(C)c1ccc2c(c1)N(S(=O)(=O)c1ccccc1)C[C@H](C(=O)NCCc1ccccc1)O2. The molecule has 1 aliphatic rings. The molecule has 178 valence electrons. The first-order chi connectivity index (χ1) is 16.2. The maximum absolute atomic E-state index is 13.6. The van der Waals surface area contributed by atoms with Crippen molar-refractivity contribution in [2.45, 2.75) is 43.6 Å². The molecular weight excluding hydrogens is 448 g/mol. The molecule has 6 nitrogen and oxygen atoms in total. The second kappa shape index (κ2) is 9.50. The zero-order chi connectivity index (χ0) is 24.3. The average Bonchev–Trinajstić information content (AvgIpc) is 2.83. The molecule has 0 saturated carbocycles. The van der Waals surface area contributed by atoms with Gasteiger partial charge in [-0.15, -0.1) is 0 Å². The minimum Gasteiger partial charge on any atom is -0.476 e. The molecule has 1 N–H and O–H groups in total. The number of fused-ring (bicyclic) bond motifs is 1. The highest BCUT2D eigenvalue weighted by Crippen LogP contribution is 2.40. The van der Waals surface area contributed by atoms with Crippen LogP contribution in [-0.2, 0) is 26.7 Å². The number of carbonyl (C=O) groups excluding carboxylic acids is 1. The van der Waals surface area contributed by atoms with Crippen LogP contribution >= 0.6 is 0 Å². The number of hydrogen-bond donors (Lipinski definition) is 1. The van der Waals surface area contributed by atoms with Gasteiger partial charge in [-0.05, 0) is 47.2 Å². The Bertz CT molecular complexity index is 1250. The number of amides is 1. The van der Waals surface area contributed by atoms with Crippen LogP contribution in [0.1, 0.15) is 31.9 Å². The smallest absolute Gasteiger partial charge is 0.264 e. The standard InChI is InChI=1S/C27H30N2O4S/c1-27(2,3)21-14-15-24-23(18-21)29(34(31,32)22-12-8-5-9-13-22)19-25(33-24)26(30)28-17-16-20-10-6-4-7-11-20/h4-15,18,25H,16-17,19H2,1-3H3,(H,28,30)/t25-/m1/s1. The maximum Gasteiger partial charge on any atom is 0.264 e. The van der Waals surface area contributed by atoms with Crippen LogP contribution < -0.4 is 14.4 Å². The second-order valence-corrected chi connectivity index (χ2v) is 11.3. The van der Waals surface area contributed by atoms with Crippen LogP contribution in [0.4, 0.5) is 5.69 Å². The molecule has 0 saturated heterocycles. The second-order valence-electron chi connectivity index (χ2n) is 9.41. The van der Waals surface area contributed by atoms with Crippen molar-refractivity contribution in [2.75, 3.05) is 17.4 Å². The number of benzene rings is 3. The van der Waals surface area contributed by atoms with E-state index >= 15 is 0 Å². The van der Waals surface area contributed by atoms with E-state index in [0.717, 1.165) is 11.1 Å². The number of nitrogens with one attached hydrogen (secondary N) is 1. The lowest BCUT2D eigenvalue weighted by Crippen LogP contribution is -2.51. The third-order valence-electron chi connectivity index (χ3n) is 5.87. The Morgan fingerprint density at radius 3 is 2.29 bits per heavy atom. The molecule has 1 atom stereocenters. The predicted molar refractivity (Wildman–Crippen MR) is 134 cm³/mol. The lowest BCUT2D eigenvalue weighted by atomic mass is 9.86. The van der Waals surface area contributed by atoms with Crippen molar-refractivity contribution in [3.8, 4) is 5.75 Å². The fourth-order valence-electron chi connectivity index (χ4n) is 3.89. The predicted octanol–water partition coefficient (Wildman–Crippen LogP) is 4.30. The van der Waals surface area contributed by atoms with Crippen molar-refractivity contribution < 1.29 is 17.9 Å². The van der Waals surface area contributed by atoms with Gasteiger partial charge >= 0.3 is 0 Å². The van der Waals surface area contributed by atoms with Gasteiger partial charge in [-0.3, -0.25) is 9.10 Å². The van der Waals surface area contributed by atoms with Gasteiger partial charge in [0.2, 0.25) is 0 Å². The summed E-state index contributed by atoms with van der Waals surface area (Å²) < 4.78 is 34.5. The lowest BCUT2D eigenvalue weighted by Gasteiger charge is -2.36. The van der Waals surface area contributed by atoms with E-state index in [9.17, 15) is 13.2 Å². The largest absolute Gasteiger partial charge is 0.476 e. The fraction of sp³-hybridized carbons (Fsp3) is 0.296. The Morgan fingerprint density at radius 1 is 1.00 bits per heavy atom. The van der Waals surface area contributed by atoms with Gasteiger partial charge in [0.25, 0.3) is 15.9 Å². The Balaban J connectivity index is 1.62. The maximum atomic E-state index is 13.6. The van der Waals surface area contributed by atoms with Gasteiger partial charge < -0.3 is 10.1 Å². The molecule has 34 heavy (non-hydrogen) atoms. The molecule has 1 aliphatic heterocycles. The van der Waals surface area contributed by atoms with E-state index in [1.165, 1.54) is 4.31 Å². The highest BCUT2D eigenvalue weighted by atomic mass is 32.2. The highest BCUT2D eigenvalue weighted by Gasteiger charge is 2.38. The molecular formula is C27H30N2O4S. The first-order valence-electron chi connectivity index (χ1n) is 11.4. The van der Waals surface area contributed by atoms with Crippen molar-refractivity contribution in [1.29, 1.82) is 0 Å². The summed E-state index contributed by atoms with van der Waals surface area (Å²) in [6.45, 7) is 6.53. The van der Waals surface area contributed by atoms with Gasteiger partial charge in [-0.2, -0.15) is 0 Å². The van der Waals surface area contributed by atoms with Crippen LogP contribution in [0, 0.1) is 0 Å². The first kappa shape index (κ1) is 23.8. The summed E-state index contributed by atoms with van der Waals surface area (Å²) in [5, 5.41) is 2.89. The molecule has 0 fully saturated rings. The van der Waals surface area contributed by atoms with Crippen molar-refractivity contribution in [3.63, 3.8) is 0 Å². The topological polar surface area (TPSA) is 75.7 Å². The van der Waals surface area contributed by atoms with Gasteiger partial charge in [0.05, 0.1) is 17.1 Å². The number of anilines is 1. The summed E-state index contributed by atoms with van der Waals surface area (Å²) >= 11 is 0. The minimum atomic E-state index is -3.89. The van der Waals surface area contributed by atoms with Crippen molar-refractivity contribution in [3.05, 3.63) is 90.0 Å². The molecule has 1 amide bonds. The van der Waals surface area contributed by atoms with Gasteiger partial charge in [-0.25, -0.2) is 8.42 Å². The third kappa shape index (κ3) is 5.09. The van der Waals surface area contributed by atoms with Gasteiger partial charge in [0.15, 0.2) is 6.10 Å². The molecule has 0 bridgehead atoms. The Labute approximate surface area is 201 Å². The van der Waals surface area contributed by atoms with Crippen LogP contribution in [-0.4, -0.2) is 33.5 Å². The van der Waals surface area contributed by atoms with Crippen molar-refractivity contribution in [1.82, 2.24) is 5.32 Å². The number of carbonyl (C=O) groups is 1. The molecule has 0 aromatic heterocycles. The summed E-state index contributed by atoms with van der Waals surface area (Å²) in [4.78, 5) is 13.1. The molecule has 7 heteroatoms. The average molecular weight is 479 g/mol. The van der Waals surface area contributed by atoms with E-state index in [-0.39, 0.29) is 22.8 Å². The number of ether oxygens (including phenoxy) is 1. The quantitative estimate of drug-likeness (QED) is 0.573. The summed E-state index contributed by atoms with van der Waals surface area (Å²) in [7, 11) is -3.89. The molecule has 0 radical (unpaired) electrons. The fourth-order valence-corrected chi connectivity index (χ4v) is 5.38. The molecule has 0 aliphatic carbocycles. The first-order valence-corrected chi connectivity index (χ1v) is 12.8. The summed E-state index contributed by atoms with van der Waals surface area (Å²) in [6.07, 6.45) is -0.279. The molecule has 3 aromatic rings. The summed E-state index contributed by atoms with van der Waals surface area (Å²) in [5.41, 5.74) is 2.36. The third-order valence-corrected chi connectivity index (χ3v) is 7.67. The molecule has 1 heterocycles. The zero-order valence-electron chi connectivity index (χ0n) is 19.7. The number of rotatable bonds is 6. The van der Waals surface area contributed by atoms with E-state index in [4.69, 9.17) is 4.74 Å². The number of hydrogen-bond acceptors (Lipinski definition) is 4. The van der Waals surface area contributed by atoms with Gasteiger partial charge in [-0.1, -0.05) is 75.4 Å². The zero-order valence-corrected chi connectivity index (χ0v) is 20.5. The van der Waals surface area contributed by atoms with E-state index < -0.39 is 16.1 Å². The molecule has 0 spiro atoms. The summed E-state index contributed by atoms with van der Waals surface area (Å²) in [6, 6.07) is 23.7. The highest BCUT2D eigenvalue weighted by molar-refractivity contribution is 7.92. The van der Waals surface area contributed by atoms with Gasteiger partial charge in [0, 0.05) is 6.54 Å². The monoisotopic (exact) mass is 478 g/mol. The van der Waals surface area contributed by atoms with Crippen LogP contribution in [0.25, 0.3) is 0 Å². The Hall–Kier alpha value is -3.32. The van der Waals surface area contributed by atoms with Crippen LogP contribution in [0.3, 0.4) is 0 Å². The normalized spacial score (nSPS) is 15.9. The van der Waals surface area contributed by atoms with Crippen molar-refractivity contribution in [2.24, 2.45) is 0 Å².